The predicted molar refractivity (Wildman–Crippen MR) is 219 cm³/mol. The maximum Gasteiger partial charge on any atom is 0.407 e. The summed E-state index contributed by atoms with van der Waals surface area (Å²) in [6.07, 6.45) is 0.156. The Balaban J connectivity index is 1.66. The van der Waals surface area contributed by atoms with Gasteiger partial charge in [-0.1, -0.05) is 62.4 Å². The van der Waals surface area contributed by atoms with Crippen molar-refractivity contribution >= 4 is 36.1 Å². The molecule has 320 valence electrons. The van der Waals surface area contributed by atoms with Crippen molar-refractivity contribution in [3.63, 3.8) is 0 Å². The van der Waals surface area contributed by atoms with Gasteiger partial charge < -0.3 is 45.9 Å². The van der Waals surface area contributed by atoms with Crippen molar-refractivity contribution in [2.24, 2.45) is 5.92 Å². The van der Waals surface area contributed by atoms with Crippen LogP contribution in [0.4, 0.5) is 14.4 Å². The largest absolute Gasteiger partial charge is 0.480 e. The molecule has 5 amide bonds. The van der Waals surface area contributed by atoms with Gasteiger partial charge in [-0.25, -0.2) is 19.2 Å². The summed E-state index contributed by atoms with van der Waals surface area (Å²) in [7, 11) is 0. The number of fused-ring (bicyclic) bond motifs is 3. The molecular weight excluding hydrogens is 746 g/mol. The van der Waals surface area contributed by atoms with Gasteiger partial charge >= 0.3 is 24.2 Å². The highest BCUT2D eigenvalue weighted by Crippen LogP contribution is 2.44. The van der Waals surface area contributed by atoms with E-state index >= 15 is 0 Å². The molecule has 0 bridgehead atoms. The van der Waals surface area contributed by atoms with Gasteiger partial charge in [0.2, 0.25) is 11.8 Å². The average molecular weight is 810 g/mol. The Kier molecular flexibility index (Phi) is 17.8. The summed E-state index contributed by atoms with van der Waals surface area (Å²) in [5.41, 5.74) is 2.88. The zero-order chi connectivity index (χ0) is 43.0. The number of nitrogens with one attached hydrogen (secondary N) is 5. The molecule has 0 aromatic heterocycles. The van der Waals surface area contributed by atoms with Gasteiger partial charge in [-0.3, -0.25) is 9.59 Å². The second-order valence-corrected chi connectivity index (χ2v) is 17.0. The van der Waals surface area contributed by atoms with Crippen molar-refractivity contribution in [1.29, 1.82) is 0 Å². The molecule has 15 nitrogen and oxygen atoms in total. The number of benzene rings is 2. The fraction of sp³-hybridized carbons (Fsp3) is 0.581. The van der Waals surface area contributed by atoms with Crippen LogP contribution in [0, 0.1) is 5.92 Å². The smallest absolute Gasteiger partial charge is 0.407 e. The topological polar surface area (TPSA) is 210 Å². The summed E-state index contributed by atoms with van der Waals surface area (Å²) in [4.78, 5) is 77.0. The van der Waals surface area contributed by atoms with Crippen LogP contribution in [0.15, 0.2) is 48.5 Å². The number of amides is 5. The van der Waals surface area contributed by atoms with Crippen LogP contribution in [-0.2, 0) is 28.6 Å². The van der Waals surface area contributed by atoms with Gasteiger partial charge in [-0.2, -0.15) is 0 Å². The number of carboxylic acids is 1. The molecule has 3 atom stereocenters. The number of unbranched alkanes of at least 4 members (excludes halogenated alkanes) is 2. The molecule has 58 heavy (non-hydrogen) atoms. The second-order valence-electron chi connectivity index (χ2n) is 17.0. The van der Waals surface area contributed by atoms with Crippen molar-refractivity contribution in [2.45, 2.75) is 136 Å². The molecule has 15 heteroatoms. The summed E-state index contributed by atoms with van der Waals surface area (Å²) in [5, 5.41) is 23.2. The van der Waals surface area contributed by atoms with Crippen molar-refractivity contribution in [3.05, 3.63) is 59.7 Å². The lowest BCUT2D eigenvalue weighted by atomic mass is 9.98. The van der Waals surface area contributed by atoms with Crippen LogP contribution in [-0.4, -0.2) is 90.2 Å². The highest BCUT2D eigenvalue weighted by Gasteiger charge is 2.32. The highest BCUT2D eigenvalue weighted by molar-refractivity contribution is 5.93. The standard InChI is InChI=1S/C43H63N5O10/c1-27(2)25-35(37(50)46-34(38(51)52)22-14-16-24-45-40(54)58-43(6,7)8)47-36(49)33(21-13-15-23-44-39(53)57-42(3,4)5)48-41(55)56-26-32-30-19-11-9-17-28(30)29-18-10-12-20-31(29)32/h9-12,17-20,27,32-35H,13-16,21-26H2,1-8H3,(H,44,53)(H,45,54)(H,46,50)(H,47,49)(H,48,55)(H,51,52)/t33-,34-,35-/m0/s1. The first-order chi connectivity index (χ1) is 27.2. The van der Waals surface area contributed by atoms with Crippen molar-refractivity contribution in [3.8, 4) is 11.1 Å². The minimum Gasteiger partial charge on any atom is -0.480 e. The van der Waals surface area contributed by atoms with Crippen LogP contribution in [0.25, 0.3) is 11.1 Å². The Labute approximate surface area is 342 Å². The average Bonchev–Trinajstić information content (AvgIpc) is 3.44. The van der Waals surface area contributed by atoms with E-state index in [1.165, 1.54) is 0 Å². The minimum atomic E-state index is -1.24. The van der Waals surface area contributed by atoms with E-state index in [2.05, 4.69) is 26.6 Å². The molecule has 0 saturated heterocycles. The van der Waals surface area contributed by atoms with Crippen LogP contribution in [0.5, 0.6) is 0 Å². The number of hydrogen-bond donors (Lipinski definition) is 6. The first-order valence-electron chi connectivity index (χ1n) is 20.1. The van der Waals surface area contributed by atoms with E-state index in [4.69, 9.17) is 14.2 Å². The van der Waals surface area contributed by atoms with E-state index in [0.717, 1.165) is 22.3 Å². The molecule has 0 fully saturated rings. The molecule has 0 heterocycles. The summed E-state index contributed by atoms with van der Waals surface area (Å²) in [6, 6.07) is 12.4. The van der Waals surface area contributed by atoms with Gasteiger partial charge in [0, 0.05) is 19.0 Å². The van der Waals surface area contributed by atoms with Crippen LogP contribution in [0.2, 0.25) is 0 Å². The maximum atomic E-state index is 13.9. The molecular formula is C43H63N5O10. The number of hydrogen-bond acceptors (Lipinski definition) is 9. The van der Waals surface area contributed by atoms with Gasteiger partial charge in [-0.05, 0) is 115 Å². The summed E-state index contributed by atoms with van der Waals surface area (Å²) in [6.45, 7) is 14.8. The second kappa shape index (κ2) is 22.0. The maximum absolute atomic E-state index is 13.9. The number of alkyl carbamates (subject to hydrolysis) is 3. The van der Waals surface area contributed by atoms with Crippen LogP contribution in [0.1, 0.15) is 117 Å². The summed E-state index contributed by atoms with van der Waals surface area (Å²) >= 11 is 0. The number of rotatable bonds is 20. The Morgan fingerprint density at radius 1 is 0.621 bits per heavy atom. The number of carboxylic acid groups (broad SMARTS) is 1. The van der Waals surface area contributed by atoms with Crippen LogP contribution < -0.4 is 26.6 Å². The molecule has 6 N–H and O–H groups in total. The van der Waals surface area contributed by atoms with E-state index in [-0.39, 0.29) is 50.8 Å². The quantitative estimate of drug-likeness (QED) is 0.0642. The number of ether oxygens (including phenoxy) is 3. The lowest BCUT2D eigenvalue weighted by Gasteiger charge is -2.26. The van der Waals surface area contributed by atoms with Crippen molar-refractivity contribution < 1.29 is 48.1 Å². The molecule has 0 spiro atoms. The number of carbonyl (C=O) groups excluding carboxylic acids is 5. The summed E-state index contributed by atoms with van der Waals surface area (Å²) in [5.74, 6) is -2.83. The van der Waals surface area contributed by atoms with Crippen molar-refractivity contribution in [1.82, 2.24) is 26.6 Å². The third-order valence-electron chi connectivity index (χ3n) is 9.08. The molecule has 0 unspecified atom stereocenters. The monoisotopic (exact) mass is 809 g/mol. The van der Waals surface area contributed by atoms with Crippen LogP contribution in [0.3, 0.4) is 0 Å². The van der Waals surface area contributed by atoms with Gasteiger partial charge in [0.15, 0.2) is 0 Å². The van der Waals surface area contributed by atoms with E-state index in [0.29, 0.717) is 25.7 Å². The normalized spacial score (nSPS) is 13.9. The highest BCUT2D eigenvalue weighted by atomic mass is 16.6. The Morgan fingerprint density at radius 3 is 1.53 bits per heavy atom. The minimum absolute atomic E-state index is 0.0278. The first-order valence-corrected chi connectivity index (χ1v) is 20.1. The Morgan fingerprint density at radius 2 is 1.07 bits per heavy atom. The third kappa shape index (κ3) is 16.3. The molecule has 0 radical (unpaired) electrons. The lowest BCUT2D eigenvalue weighted by molar-refractivity contribution is -0.142. The molecule has 1 aliphatic rings. The molecule has 2 aromatic rings. The third-order valence-corrected chi connectivity index (χ3v) is 9.08. The van der Waals surface area contributed by atoms with E-state index in [1.807, 2.05) is 62.4 Å². The molecule has 1 aliphatic carbocycles. The van der Waals surface area contributed by atoms with Gasteiger partial charge in [0.05, 0.1) is 0 Å². The molecule has 2 aromatic carbocycles. The van der Waals surface area contributed by atoms with Gasteiger partial charge in [-0.15, -0.1) is 0 Å². The summed E-state index contributed by atoms with van der Waals surface area (Å²) < 4.78 is 16.2. The van der Waals surface area contributed by atoms with E-state index in [1.54, 1.807) is 41.5 Å². The van der Waals surface area contributed by atoms with E-state index in [9.17, 15) is 33.9 Å². The predicted octanol–water partition coefficient (Wildman–Crippen LogP) is 6.38. The van der Waals surface area contributed by atoms with Crippen molar-refractivity contribution in [2.75, 3.05) is 19.7 Å². The number of carbonyl (C=O) groups is 6. The zero-order valence-corrected chi connectivity index (χ0v) is 35.2. The van der Waals surface area contributed by atoms with E-state index < -0.39 is 65.4 Å². The Bertz CT molecular complexity index is 1670. The number of aliphatic carboxylic acids is 1. The van der Waals surface area contributed by atoms with Gasteiger partial charge in [0.25, 0.3) is 0 Å². The van der Waals surface area contributed by atoms with Crippen LogP contribution >= 0.6 is 0 Å². The molecule has 0 aliphatic heterocycles. The van der Waals surface area contributed by atoms with Gasteiger partial charge in [0.1, 0.15) is 35.9 Å². The fourth-order valence-corrected chi connectivity index (χ4v) is 6.51. The molecule has 3 rings (SSSR count). The first kappa shape index (κ1) is 47.0. The Hall–Kier alpha value is -5.34. The molecule has 0 saturated carbocycles. The lowest BCUT2D eigenvalue weighted by Crippen LogP contribution is -2.56. The SMILES string of the molecule is CC(C)C[C@H](NC(=O)[C@H](CCCCNC(=O)OC(C)(C)C)NC(=O)OCC1c2ccccc2-c2ccccc21)C(=O)N[C@@H](CCCCNC(=O)OC(C)(C)C)C(=O)O. The fourth-order valence-electron chi connectivity index (χ4n) is 6.51. The zero-order valence-electron chi connectivity index (χ0n) is 35.2.